The Bertz CT molecular complexity index is 857. The van der Waals surface area contributed by atoms with Crippen LogP contribution in [0.1, 0.15) is 37.2 Å². The number of rotatable bonds is 9. The van der Waals surface area contributed by atoms with Crippen molar-refractivity contribution in [1.29, 1.82) is 0 Å². The Kier molecular flexibility index (Phi) is 11.5. The zero-order chi connectivity index (χ0) is 22.9. The smallest absolute Gasteiger partial charge is 0.191 e. The van der Waals surface area contributed by atoms with Gasteiger partial charge in [-0.1, -0.05) is 18.2 Å². The fraction of sp³-hybridized carbons (Fsp3) is 0.600. The molecular weight excluding hydrogens is 525 g/mol. The van der Waals surface area contributed by atoms with Gasteiger partial charge in [-0.05, 0) is 58.2 Å². The van der Waals surface area contributed by atoms with Crippen LogP contribution in [0.2, 0.25) is 0 Å². The standard InChI is InChI=1S/C25H41N7.HI/c1-6-26-25(28-20(2)19-24-21(3)29-30(5)22(24)4)27-13-10-14-31-15-17-32(18-16-31)23-11-8-7-9-12-23;/h7-9,11-12,20H,6,10,13-19H2,1-5H3,(H2,26,27,28);1H. The molecule has 7 nitrogen and oxygen atoms in total. The van der Waals surface area contributed by atoms with Crippen molar-refractivity contribution in [2.75, 3.05) is 50.7 Å². The van der Waals surface area contributed by atoms with Gasteiger partial charge < -0.3 is 15.5 Å². The van der Waals surface area contributed by atoms with E-state index in [1.165, 1.54) is 16.9 Å². The number of hydrogen-bond donors (Lipinski definition) is 2. The van der Waals surface area contributed by atoms with Gasteiger partial charge in [-0.15, -0.1) is 24.0 Å². The van der Waals surface area contributed by atoms with E-state index in [4.69, 9.17) is 4.99 Å². The summed E-state index contributed by atoms with van der Waals surface area (Å²) in [5, 5.41) is 11.5. The van der Waals surface area contributed by atoms with Crippen LogP contribution in [0.3, 0.4) is 0 Å². The molecule has 2 heterocycles. The molecule has 0 radical (unpaired) electrons. The first-order valence-electron chi connectivity index (χ1n) is 12.0. The highest BCUT2D eigenvalue weighted by atomic mass is 127. The maximum absolute atomic E-state index is 4.83. The fourth-order valence-electron chi connectivity index (χ4n) is 4.38. The molecule has 33 heavy (non-hydrogen) atoms. The monoisotopic (exact) mass is 567 g/mol. The quantitative estimate of drug-likeness (QED) is 0.211. The number of piperazine rings is 1. The first kappa shape index (κ1) is 27.4. The summed E-state index contributed by atoms with van der Waals surface area (Å²) in [5.74, 6) is 0.910. The lowest BCUT2D eigenvalue weighted by molar-refractivity contribution is 0.256. The van der Waals surface area contributed by atoms with Gasteiger partial charge in [0.1, 0.15) is 0 Å². The van der Waals surface area contributed by atoms with Gasteiger partial charge in [0.15, 0.2) is 5.96 Å². The highest BCUT2D eigenvalue weighted by Crippen LogP contribution is 2.16. The molecule has 2 N–H and O–H groups in total. The number of hydrogen-bond acceptors (Lipinski definition) is 4. The van der Waals surface area contributed by atoms with Gasteiger partial charge in [0.2, 0.25) is 0 Å². The molecule has 8 heteroatoms. The topological polar surface area (TPSA) is 60.7 Å². The van der Waals surface area contributed by atoms with E-state index in [1.807, 2.05) is 11.7 Å². The Morgan fingerprint density at radius 3 is 2.42 bits per heavy atom. The molecule has 1 aliphatic rings. The Morgan fingerprint density at radius 2 is 1.82 bits per heavy atom. The summed E-state index contributed by atoms with van der Waals surface area (Å²) >= 11 is 0. The SMILES string of the molecule is CCNC(=NCCCN1CCN(c2ccccc2)CC1)NC(C)Cc1c(C)nn(C)c1C.I. The van der Waals surface area contributed by atoms with Crippen LogP contribution >= 0.6 is 24.0 Å². The summed E-state index contributed by atoms with van der Waals surface area (Å²) in [7, 11) is 2.01. The summed E-state index contributed by atoms with van der Waals surface area (Å²) in [6.45, 7) is 15.8. The third-order valence-electron chi connectivity index (χ3n) is 6.29. The second kappa shape index (κ2) is 13.8. The second-order valence-electron chi connectivity index (χ2n) is 8.80. The number of nitrogens with zero attached hydrogens (tertiary/aromatic N) is 5. The largest absolute Gasteiger partial charge is 0.369 e. The average molecular weight is 568 g/mol. The van der Waals surface area contributed by atoms with Crippen LogP contribution < -0.4 is 15.5 Å². The molecule has 1 fully saturated rings. The number of guanidine groups is 1. The number of nitrogens with one attached hydrogen (secondary N) is 2. The average Bonchev–Trinajstić information content (AvgIpc) is 3.03. The van der Waals surface area contributed by atoms with E-state index in [0.717, 1.165) is 70.3 Å². The predicted molar refractivity (Wildman–Crippen MR) is 150 cm³/mol. The molecule has 1 aromatic heterocycles. The van der Waals surface area contributed by atoms with Gasteiger partial charge in [0, 0.05) is 70.3 Å². The highest BCUT2D eigenvalue weighted by molar-refractivity contribution is 14.0. The molecule has 0 amide bonds. The zero-order valence-corrected chi connectivity index (χ0v) is 23.3. The zero-order valence-electron chi connectivity index (χ0n) is 21.0. The van der Waals surface area contributed by atoms with Gasteiger partial charge in [0.25, 0.3) is 0 Å². The van der Waals surface area contributed by atoms with E-state index < -0.39 is 0 Å². The Balaban J connectivity index is 0.00000385. The van der Waals surface area contributed by atoms with Crippen molar-refractivity contribution < 1.29 is 0 Å². The molecule has 0 aliphatic carbocycles. The normalized spacial score (nSPS) is 15.8. The first-order valence-corrected chi connectivity index (χ1v) is 12.0. The first-order chi connectivity index (χ1) is 15.5. The van der Waals surface area contributed by atoms with E-state index in [1.54, 1.807) is 0 Å². The van der Waals surface area contributed by atoms with Crippen LogP contribution in [0.5, 0.6) is 0 Å². The minimum Gasteiger partial charge on any atom is -0.369 e. The molecule has 0 spiro atoms. The Labute approximate surface area is 217 Å². The molecule has 3 rings (SSSR count). The van der Waals surface area contributed by atoms with Crippen molar-refractivity contribution in [3.63, 3.8) is 0 Å². The van der Waals surface area contributed by atoms with E-state index in [2.05, 4.69) is 83.6 Å². The van der Waals surface area contributed by atoms with Crippen molar-refractivity contribution in [3.05, 3.63) is 47.3 Å². The maximum atomic E-state index is 4.83. The van der Waals surface area contributed by atoms with Crippen molar-refractivity contribution in [1.82, 2.24) is 25.3 Å². The second-order valence-corrected chi connectivity index (χ2v) is 8.80. The Hall–Kier alpha value is -1.81. The Morgan fingerprint density at radius 1 is 1.12 bits per heavy atom. The van der Waals surface area contributed by atoms with E-state index in [0.29, 0.717) is 6.04 Å². The summed E-state index contributed by atoms with van der Waals surface area (Å²) in [6.07, 6.45) is 2.03. The fourth-order valence-corrected chi connectivity index (χ4v) is 4.38. The van der Waals surface area contributed by atoms with Crippen LogP contribution in [-0.2, 0) is 13.5 Å². The number of para-hydroxylation sites is 1. The summed E-state index contributed by atoms with van der Waals surface area (Å²) in [4.78, 5) is 9.87. The van der Waals surface area contributed by atoms with Gasteiger partial charge in [-0.3, -0.25) is 14.6 Å². The lowest BCUT2D eigenvalue weighted by Crippen LogP contribution is -2.46. The molecule has 1 atom stereocenters. The molecule has 1 unspecified atom stereocenters. The number of halogens is 1. The van der Waals surface area contributed by atoms with Crippen molar-refractivity contribution in [2.45, 2.75) is 46.6 Å². The molecule has 1 aliphatic heterocycles. The summed E-state index contributed by atoms with van der Waals surface area (Å²) < 4.78 is 1.97. The molecule has 184 valence electrons. The molecule has 0 bridgehead atoms. The third-order valence-corrected chi connectivity index (χ3v) is 6.29. The molecular formula is C25H42IN7. The number of anilines is 1. The number of aliphatic imine (C=N–C) groups is 1. The van der Waals surface area contributed by atoms with Gasteiger partial charge in [-0.2, -0.15) is 5.10 Å². The van der Waals surface area contributed by atoms with Crippen molar-refractivity contribution in [2.24, 2.45) is 12.0 Å². The predicted octanol–water partition coefficient (Wildman–Crippen LogP) is 3.35. The molecule has 0 saturated carbocycles. The van der Waals surface area contributed by atoms with Gasteiger partial charge in [0.05, 0.1) is 5.69 Å². The van der Waals surface area contributed by atoms with Gasteiger partial charge >= 0.3 is 0 Å². The molecule has 1 saturated heterocycles. The number of benzene rings is 1. The number of aromatic nitrogens is 2. The number of aryl methyl sites for hydroxylation is 2. The molecule has 1 aromatic carbocycles. The minimum atomic E-state index is 0. The summed E-state index contributed by atoms with van der Waals surface area (Å²) in [6, 6.07) is 11.0. The van der Waals surface area contributed by atoms with Crippen LogP contribution in [0.15, 0.2) is 35.3 Å². The maximum Gasteiger partial charge on any atom is 0.191 e. The molecule has 2 aromatic rings. The van der Waals surface area contributed by atoms with Crippen LogP contribution in [0.25, 0.3) is 0 Å². The lowest BCUT2D eigenvalue weighted by Gasteiger charge is -2.36. The van der Waals surface area contributed by atoms with E-state index >= 15 is 0 Å². The van der Waals surface area contributed by atoms with Gasteiger partial charge in [-0.25, -0.2) is 0 Å². The van der Waals surface area contributed by atoms with E-state index in [-0.39, 0.29) is 24.0 Å². The summed E-state index contributed by atoms with van der Waals surface area (Å²) in [5.41, 5.74) is 5.03. The lowest BCUT2D eigenvalue weighted by atomic mass is 10.1. The van der Waals surface area contributed by atoms with Crippen molar-refractivity contribution >= 4 is 35.6 Å². The third kappa shape index (κ3) is 8.17. The van der Waals surface area contributed by atoms with Crippen LogP contribution in [-0.4, -0.2) is 72.5 Å². The van der Waals surface area contributed by atoms with E-state index in [9.17, 15) is 0 Å². The van der Waals surface area contributed by atoms with Crippen LogP contribution in [0.4, 0.5) is 5.69 Å². The minimum absolute atomic E-state index is 0. The van der Waals surface area contributed by atoms with Crippen LogP contribution in [0, 0.1) is 13.8 Å². The van der Waals surface area contributed by atoms with Crippen molar-refractivity contribution in [3.8, 4) is 0 Å². The highest BCUT2D eigenvalue weighted by Gasteiger charge is 2.17.